The number of aromatic nitrogens is 3. The summed E-state index contributed by atoms with van der Waals surface area (Å²) < 4.78 is 11.0. The van der Waals surface area contributed by atoms with Gasteiger partial charge in [-0.1, -0.05) is 18.2 Å². The monoisotopic (exact) mass is 386 g/mol. The van der Waals surface area contributed by atoms with Crippen LogP contribution in [0.15, 0.2) is 71.3 Å². The molecule has 0 saturated heterocycles. The maximum absolute atomic E-state index is 12.5. The zero-order valence-electron chi connectivity index (χ0n) is 15.9. The number of nitrogens with one attached hydrogen (secondary N) is 1. The van der Waals surface area contributed by atoms with Gasteiger partial charge in [-0.25, -0.2) is 4.98 Å². The predicted octanol–water partition coefficient (Wildman–Crippen LogP) is 4.37. The first-order valence-corrected chi connectivity index (χ1v) is 8.96. The molecule has 2 aromatic carbocycles. The molecule has 1 N–H and O–H groups in total. The molecular formula is C22H18N4O3. The number of aryl methyl sites for hydroxylation is 1. The molecular weight excluding hydrogens is 368 g/mol. The third kappa shape index (κ3) is 3.84. The van der Waals surface area contributed by atoms with Crippen molar-refractivity contribution in [1.29, 1.82) is 0 Å². The lowest BCUT2D eigenvalue weighted by molar-refractivity contribution is 0.102. The van der Waals surface area contributed by atoms with Crippen molar-refractivity contribution >= 4 is 11.7 Å². The van der Waals surface area contributed by atoms with E-state index in [9.17, 15) is 4.79 Å². The zero-order valence-corrected chi connectivity index (χ0v) is 15.9. The Hall–Kier alpha value is -4.00. The molecule has 1 amide bonds. The molecule has 0 aliphatic carbocycles. The fraction of sp³-hybridized carbons (Fsp3) is 0.0909. The molecule has 0 radical (unpaired) electrons. The van der Waals surface area contributed by atoms with Gasteiger partial charge in [0, 0.05) is 22.9 Å². The molecule has 2 heterocycles. The van der Waals surface area contributed by atoms with Crippen LogP contribution in [0.1, 0.15) is 15.9 Å². The average molecular weight is 386 g/mol. The van der Waals surface area contributed by atoms with Crippen molar-refractivity contribution in [3.05, 3.63) is 78.0 Å². The smallest absolute Gasteiger partial charge is 0.256 e. The van der Waals surface area contributed by atoms with Gasteiger partial charge in [-0.2, -0.15) is 0 Å². The summed E-state index contributed by atoms with van der Waals surface area (Å²) in [4.78, 5) is 16.6. The van der Waals surface area contributed by atoms with Gasteiger partial charge >= 0.3 is 0 Å². The SMILES string of the molecule is COc1cccnc1NC(=O)c1ccc(-c2nnc(-c3ccccc3C)o2)cc1. The summed E-state index contributed by atoms with van der Waals surface area (Å²) in [6, 6.07) is 18.2. The molecule has 7 nitrogen and oxygen atoms in total. The molecule has 7 heteroatoms. The van der Waals surface area contributed by atoms with E-state index in [1.165, 1.54) is 7.11 Å². The predicted molar refractivity (Wildman–Crippen MR) is 109 cm³/mol. The number of amides is 1. The molecule has 144 valence electrons. The number of methoxy groups -OCH3 is 1. The van der Waals surface area contributed by atoms with Crippen molar-refractivity contribution < 1.29 is 13.9 Å². The Morgan fingerprint density at radius 1 is 0.966 bits per heavy atom. The summed E-state index contributed by atoms with van der Waals surface area (Å²) >= 11 is 0. The Morgan fingerprint density at radius 2 is 1.72 bits per heavy atom. The Morgan fingerprint density at radius 3 is 2.48 bits per heavy atom. The number of hydrogen-bond acceptors (Lipinski definition) is 6. The number of rotatable bonds is 5. The van der Waals surface area contributed by atoms with Gasteiger partial charge in [0.15, 0.2) is 11.6 Å². The minimum atomic E-state index is -0.292. The van der Waals surface area contributed by atoms with Crippen LogP contribution < -0.4 is 10.1 Å². The van der Waals surface area contributed by atoms with Crippen molar-refractivity contribution in [2.24, 2.45) is 0 Å². The molecule has 0 atom stereocenters. The van der Waals surface area contributed by atoms with Crippen molar-refractivity contribution in [1.82, 2.24) is 15.2 Å². The van der Waals surface area contributed by atoms with Gasteiger partial charge < -0.3 is 14.5 Å². The van der Waals surface area contributed by atoms with Crippen molar-refractivity contribution in [3.63, 3.8) is 0 Å². The molecule has 0 spiro atoms. The number of ether oxygens (including phenoxy) is 1. The van der Waals surface area contributed by atoms with Gasteiger partial charge in [-0.3, -0.25) is 4.79 Å². The molecule has 29 heavy (non-hydrogen) atoms. The second-order valence-electron chi connectivity index (χ2n) is 6.31. The van der Waals surface area contributed by atoms with E-state index < -0.39 is 0 Å². The summed E-state index contributed by atoms with van der Waals surface area (Å²) in [5.74, 6) is 1.42. The lowest BCUT2D eigenvalue weighted by atomic mass is 10.1. The van der Waals surface area contributed by atoms with E-state index in [4.69, 9.17) is 9.15 Å². The molecule has 2 aromatic heterocycles. The van der Waals surface area contributed by atoms with Gasteiger partial charge in [0.1, 0.15) is 0 Å². The van der Waals surface area contributed by atoms with Gasteiger partial charge in [-0.15, -0.1) is 10.2 Å². The second kappa shape index (κ2) is 7.93. The average Bonchev–Trinajstić information content (AvgIpc) is 3.24. The summed E-state index contributed by atoms with van der Waals surface area (Å²) in [5.41, 5.74) is 3.15. The third-order valence-electron chi connectivity index (χ3n) is 4.42. The molecule has 0 fully saturated rings. The number of carbonyl (C=O) groups excluding carboxylic acids is 1. The molecule has 0 aliphatic rings. The first-order chi connectivity index (χ1) is 14.2. The maximum atomic E-state index is 12.5. The van der Waals surface area contributed by atoms with Crippen molar-refractivity contribution in [2.45, 2.75) is 6.92 Å². The summed E-state index contributed by atoms with van der Waals surface area (Å²) in [6.07, 6.45) is 1.59. The standard InChI is InChI=1S/C22H18N4O3/c1-14-6-3-4-7-17(14)22-26-25-21(29-22)16-11-9-15(10-12-16)20(27)24-19-18(28-2)8-5-13-23-19/h3-13H,1-2H3,(H,23,24,27). The highest BCUT2D eigenvalue weighted by Gasteiger charge is 2.14. The Kier molecular flexibility index (Phi) is 5.03. The van der Waals surface area contributed by atoms with E-state index >= 15 is 0 Å². The van der Waals surface area contributed by atoms with E-state index in [0.29, 0.717) is 28.9 Å². The lowest BCUT2D eigenvalue weighted by Crippen LogP contribution is -2.13. The number of carbonyl (C=O) groups is 1. The lowest BCUT2D eigenvalue weighted by Gasteiger charge is -2.08. The van der Waals surface area contributed by atoms with Gasteiger partial charge in [0.2, 0.25) is 11.8 Å². The van der Waals surface area contributed by atoms with Crippen LogP contribution >= 0.6 is 0 Å². The highest BCUT2D eigenvalue weighted by atomic mass is 16.5. The van der Waals surface area contributed by atoms with E-state index in [1.807, 2.05) is 31.2 Å². The van der Waals surface area contributed by atoms with Crippen LogP contribution in [0.4, 0.5) is 5.82 Å². The van der Waals surface area contributed by atoms with E-state index in [0.717, 1.165) is 16.7 Å². The molecule has 0 bridgehead atoms. The highest BCUT2D eigenvalue weighted by molar-refractivity contribution is 6.04. The number of pyridine rings is 1. The maximum Gasteiger partial charge on any atom is 0.256 e. The summed E-state index contributed by atoms with van der Waals surface area (Å²) in [6.45, 7) is 1.99. The highest BCUT2D eigenvalue weighted by Crippen LogP contribution is 2.26. The van der Waals surface area contributed by atoms with Crippen molar-refractivity contribution in [2.75, 3.05) is 12.4 Å². The van der Waals surface area contributed by atoms with E-state index in [2.05, 4.69) is 20.5 Å². The number of hydrogen-bond donors (Lipinski definition) is 1. The number of benzene rings is 2. The molecule has 0 saturated carbocycles. The van der Waals surface area contributed by atoms with Crippen LogP contribution in [0, 0.1) is 6.92 Å². The zero-order chi connectivity index (χ0) is 20.2. The number of anilines is 1. The fourth-order valence-electron chi connectivity index (χ4n) is 2.85. The van der Waals surface area contributed by atoms with E-state index in [-0.39, 0.29) is 5.91 Å². The van der Waals surface area contributed by atoms with Crippen LogP contribution in [0.5, 0.6) is 5.75 Å². The van der Waals surface area contributed by atoms with E-state index in [1.54, 1.807) is 42.6 Å². The first-order valence-electron chi connectivity index (χ1n) is 8.96. The third-order valence-corrected chi connectivity index (χ3v) is 4.42. The Bertz CT molecular complexity index is 1150. The van der Waals surface area contributed by atoms with Crippen LogP contribution in [-0.4, -0.2) is 28.2 Å². The topological polar surface area (TPSA) is 90.1 Å². The van der Waals surface area contributed by atoms with Gasteiger partial charge in [0.05, 0.1) is 7.11 Å². The first kappa shape index (κ1) is 18.4. The summed E-state index contributed by atoms with van der Waals surface area (Å²) in [5, 5.41) is 11.0. The molecule has 0 aliphatic heterocycles. The minimum absolute atomic E-state index is 0.292. The number of nitrogens with zero attached hydrogens (tertiary/aromatic N) is 3. The Balaban J connectivity index is 1.52. The van der Waals surface area contributed by atoms with Gasteiger partial charge in [-0.05, 0) is 55.0 Å². The van der Waals surface area contributed by atoms with Crippen molar-refractivity contribution in [3.8, 4) is 28.7 Å². The second-order valence-corrected chi connectivity index (χ2v) is 6.31. The van der Waals surface area contributed by atoms with Gasteiger partial charge in [0.25, 0.3) is 5.91 Å². The quantitative estimate of drug-likeness (QED) is 0.548. The van der Waals surface area contributed by atoms with Crippen LogP contribution in [0.25, 0.3) is 22.9 Å². The fourth-order valence-corrected chi connectivity index (χ4v) is 2.85. The van der Waals surface area contributed by atoms with Crippen LogP contribution in [0.3, 0.4) is 0 Å². The normalized spacial score (nSPS) is 10.6. The van der Waals surface area contributed by atoms with Crippen LogP contribution in [0.2, 0.25) is 0 Å². The largest absolute Gasteiger partial charge is 0.493 e. The Labute approximate surface area is 167 Å². The minimum Gasteiger partial charge on any atom is -0.493 e. The van der Waals surface area contributed by atoms with Crippen LogP contribution in [-0.2, 0) is 0 Å². The molecule has 4 rings (SSSR count). The summed E-state index contributed by atoms with van der Waals surface area (Å²) in [7, 11) is 1.52. The molecule has 4 aromatic rings. The molecule has 0 unspecified atom stereocenters.